The van der Waals surface area contributed by atoms with Gasteiger partial charge in [-0.2, -0.15) is 21.0 Å². The first-order valence-corrected chi connectivity index (χ1v) is 32.2. The topological polar surface area (TPSA) is 129 Å². The fourth-order valence-corrected chi connectivity index (χ4v) is 18.5. The lowest BCUT2D eigenvalue weighted by Gasteiger charge is -2.36. The maximum Gasteiger partial charge on any atom is 0.194 e. The Hall–Kier alpha value is -10.5. The number of carbonyl (C=O) groups is 2. The highest BCUT2D eigenvalue weighted by molar-refractivity contribution is 7.25. The van der Waals surface area contributed by atoms with Crippen molar-refractivity contribution in [2.75, 3.05) is 0 Å². The van der Waals surface area contributed by atoms with Crippen molar-refractivity contribution >= 4 is 80.2 Å². The number of Topliss-reactive ketones (excluding diaryl/α,β-unsaturated/α-hetero) is 2. The third-order valence-corrected chi connectivity index (χ3v) is 22.7. The van der Waals surface area contributed by atoms with E-state index in [1.165, 1.54) is 45.3 Å². The zero-order valence-corrected chi connectivity index (χ0v) is 51.7. The summed E-state index contributed by atoms with van der Waals surface area (Å²) in [4.78, 5) is 34.0. The lowest BCUT2D eigenvalue weighted by Crippen LogP contribution is -2.32. The number of thiophene rings is 4. The second kappa shape index (κ2) is 21.1. The van der Waals surface area contributed by atoms with Gasteiger partial charge in [-0.15, -0.1) is 45.3 Å². The molecule has 90 heavy (non-hydrogen) atoms. The highest BCUT2D eigenvalue weighted by atomic mass is 32.1. The average molecular weight is 1240 g/mol. The number of allylic oxidation sites excluding steroid dienone is 6. The van der Waals surface area contributed by atoms with Gasteiger partial charge in [0, 0.05) is 94.7 Å². The molecule has 0 unspecified atom stereocenters. The van der Waals surface area contributed by atoms with Crippen LogP contribution >= 0.6 is 45.3 Å². The van der Waals surface area contributed by atoms with Gasteiger partial charge < -0.3 is 0 Å². The highest BCUT2D eigenvalue weighted by Crippen LogP contribution is 2.68. The Kier molecular flexibility index (Phi) is 13.1. The Balaban J connectivity index is 0.982. The van der Waals surface area contributed by atoms with Gasteiger partial charge in [0.2, 0.25) is 0 Å². The first kappa shape index (κ1) is 56.0. The summed E-state index contributed by atoms with van der Waals surface area (Å²) in [6, 6.07) is 66.3. The third-order valence-electron chi connectivity index (χ3n) is 18.0. The van der Waals surface area contributed by atoms with Crippen LogP contribution in [0.3, 0.4) is 0 Å². The molecule has 4 aliphatic rings. The van der Waals surface area contributed by atoms with Crippen molar-refractivity contribution in [3.05, 3.63) is 315 Å². The quantitative estimate of drug-likeness (QED) is 0.110. The molecular formula is C78H44F2N4O2S4. The van der Waals surface area contributed by atoms with Crippen molar-refractivity contribution in [2.45, 2.75) is 38.5 Å². The number of hydrogen-bond donors (Lipinski definition) is 0. The molecule has 11 aromatic rings. The summed E-state index contributed by atoms with van der Waals surface area (Å²) in [6.45, 7) is 8.03. The monoisotopic (exact) mass is 1230 g/mol. The van der Waals surface area contributed by atoms with E-state index in [1.54, 1.807) is 60.7 Å². The van der Waals surface area contributed by atoms with Gasteiger partial charge in [-0.25, -0.2) is 8.78 Å². The lowest BCUT2D eigenvalue weighted by atomic mass is 9.65. The molecule has 0 bridgehead atoms. The van der Waals surface area contributed by atoms with Crippen LogP contribution in [-0.4, -0.2) is 11.6 Å². The van der Waals surface area contributed by atoms with Crippen molar-refractivity contribution in [1.82, 2.24) is 0 Å². The number of carbonyl (C=O) groups excluding carboxylic acids is 2. The molecule has 0 N–H and O–H groups in total. The van der Waals surface area contributed by atoms with E-state index in [0.717, 1.165) is 75.1 Å². The molecule has 0 saturated heterocycles. The van der Waals surface area contributed by atoms with E-state index in [2.05, 4.69) is 12.1 Å². The van der Waals surface area contributed by atoms with Crippen LogP contribution in [0.25, 0.3) is 63.7 Å². The number of ketones is 2. The Morgan fingerprint density at radius 1 is 0.400 bits per heavy atom. The molecule has 0 atom stereocenters. The fraction of sp³-hybridized carbons (Fsp3) is 0.0769. The molecule has 0 spiro atoms. The Morgan fingerprint density at radius 2 is 0.711 bits per heavy atom. The van der Waals surface area contributed by atoms with E-state index in [-0.39, 0.29) is 56.1 Å². The van der Waals surface area contributed by atoms with Crippen LogP contribution in [0.2, 0.25) is 0 Å². The number of nitriles is 4. The minimum absolute atomic E-state index is 0.156. The molecule has 4 aromatic heterocycles. The normalized spacial score (nSPS) is 15.2. The largest absolute Gasteiger partial charge is 0.289 e. The number of aryl methyl sites for hydroxylation is 4. The van der Waals surface area contributed by atoms with E-state index < -0.39 is 22.5 Å². The van der Waals surface area contributed by atoms with Crippen LogP contribution in [0.4, 0.5) is 8.78 Å². The highest BCUT2D eigenvalue weighted by Gasteiger charge is 2.58. The van der Waals surface area contributed by atoms with Gasteiger partial charge in [0.15, 0.2) is 11.6 Å². The first-order chi connectivity index (χ1) is 43.7. The number of benzene rings is 7. The van der Waals surface area contributed by atoms with Crippen molar-refractivity contribution in [1.29, 1.82) is 21.0 Å². The van der Waals surface area contributed by atoms with Crippen LogP contribution in [0.5, 0.6) is 0 Å². The van der Waals surface area contributed by atoms with E-state index in [9.17, 15) is 30.6 Å². The molecule has 0 amide bonds. The zero-order valence-electron chi connectivity index (χ0n) is 48.5. The summed E-state index contributed by atoms with van der Waals surface area (Å²) < 4.78 is 40.5. The Morgan fingerprint density at radius 3 is 1.02 bits per heavy atom. The molecule has 4 aliphatic carbocycles. The molecule has 12 heteroatoms. The molecule has 15 rings (SSSR count). The van der Waals surface area contributed by atoms with Crippen LogP contribution in [0.15, 0.2) is 204 Å². The fourth-order valence-electron chi connectivity index (χ4n) is 13.9. The predicted molar refractivity (Wildman–Crippen MR) is 356 cm³/mol. The molecule has 0 radical (unpaired) electrons. The van der Waals surface area contributed by atoms with Gasteiger partial charge in [-0.3, -0.25) is 9.59 Å². The van der Waals surface area contributed by atoms with Gasteiger partial charge in [0.25, 0.3) is 0 Å². The van der Waals surface area contributed by atoms with Crippen molar-refractivity contribution in [3.63, 3.8) is 0 Å². The molecule has 4 heterocycles. The van der Waals surface area contributed by atoms with Crippen molar-refractivity contribution < 1.29 is 18.4 Å². The van der Waals surface area contributed by atoms with Crippen LogP contribution < -0.4 is 0 Å². The summed E-state index contributed by atoms with van der Waals surface area (Å²) in [5, 5.41) is 40.4. The summed E-state index contributed by atoms with van der Waals surface area (Å²) in [6.07, 6.45) is 3.48. The SMILES string of the molecule is Cc1ccc(C2(c3ccc(C)cc3)c3cc(-c4ccc(/C=C5\C(=O)c6ccccc6C5=C(C#N)C#N)s4)sc3-c3c(F)c4c(c(F)c32)-c2sc(-c3ccc(/C=C5\C(=O)c6ccccc6C5=C(C#N)C#N)s3)cc2C4(c2ccc(C)cc2)c2ccc(C)cc2)cc1. The minimum Gasteiger partial charge on any atom is -0.289 e. The number of halogens is 2. The molecule has 0 aliphatic heterocycles. The van der Waals surface area contributed by atoms with Crippen LogP contribution in [-0.2, 0) is 10.8 Å². The maximum absolute atomic E-state index is 20.2. The summed E-state index contributed by atoms with van der Waals surface area (Å²) in [5.74, 6) is -1.63. The maximum atomic E-state index is 20.2. The summed E-state index contributed by atoms with van der Waals surface area (Å²) >= 11 is 5.66. The smallest absolute Gasteiger partial charge is 0.194 e. The van der Waals surface area contributed by atoms with Gasteiger partial charge in [0.1, 0.15) is 47.1 Å². The Labute approximate surface area is 533 Å². The lowest BCUT2D eigenvalue weighted by molar-refractivity contribution is 0.103. The van der Waals surface area contributed by atoms with Crippen molar-refractivity contribution in [2.24, 2.45) is 0 Å². The molecular weight excluding hydrogens is 1190 g/mol. The number of nitrogens with zero attached hydrogens (tertiary/aromatic N) is 4. The summed E-state index contributed by atoms with van der Waals surface area (Å²) in [5.41, 5.74) is 9.16. The standard InChI is InChI=1S/C78H44F2N4O2S4/c1-41-13-21-47(22-14-41)77(48-23-15-42(2)16-24-48)59-35-63(61-31-29-51(87-61)33-57-65(45(37-81)38-82)53-9-5-7-11-55(53)73(57)85)89-75(59)67-69(77)71(79)68-70(72(67)80)78(49-25-17-43(3)18-26-49,50-27-19-44(4)20-28-50)60-36-64(90-76(60)68)62-32-30-52(88-62)34-58-66(46(39-83)40-84)54-10-6-8-12-56(54)74(58)86/h5-36H,1-4H3/b57-33-,58-34-. The average Bonchev–Trinajstić information content (AvgIpc) is 1.48. The van der Waals surface area contributed by atoms with Gasteiger partial charge >= 0.3 is 0 Å². The number of rotatable bonds is 8. The summed E-state index contributed by atoms with van der Waals surface area (Å²) in [7, 11) is 0. The van der Waals surface area contributed by atoms with Crippen LogP contribution in [0.1, 0.15) is 108 Å². The Bertz CT molecular complexity index is 4870. The van der Waals surface area contributed by atoms with E-state index in [4.69, 9.17) is 0 Å². The van der Waals surface area contributed by atoms with Crippen LogP contribution in [0, 0.1) is 84.7 Å². The molecule has 426 valence electrons. The molecule has 7 aromatic carbocycles. The van der Waals surface area contributed by atoms with Gasteiger partial charge in [-0.05, 0) is 121 Å². The third kappa shape index (κ3) is 8.03. The zero-order chi connectivity index (χ0) is 62.1. The van der Waals surface area contributed by atoms with Gasteiger partial charge in [0.05, 0.1) is 10.8 Å². The van der Waals surface area contributed by atoms with Crippen molar-refractivity contribution in [3.8, 4) is 64.7 Å². The predicted octanol–water partition coefficient (Wildman–Crippen LogP) is 19.7. The van der Waals surface area contributed by atoms with Gasteiger partial charge in [-0.1, -0.05) is 168 Å². The number of fused-ring (bicyclic) bond motifs is 8. The van der Waals surface area contributed by atoms with E-state index in [1.807, 2.05) is 173 Å². The molecule has 0 fully saturated rings. The first-order valence-electron chi connectivity index (χ1n) is 28.9. The molecule has 6 nitrogen and oxygen atoms in total. The second-order valence-electron chi connectivity index (χ2n) is 23.0. The van der Waals surface area contributed by atoms with E-state index >= 15 is 8.78 Å². The number of hydrogen-bond acceptors (Lipinski definition) is 10. The van der Waals surface area contributed by atoms with E-state index in [0.29, 0.717) is 52.9 Å². The second-order valence-corrected chi connectivity index (χ2v) is 27.4. The minimum atomic E-state index is -1.40. The molecule has 0 saturated carbocycles.